The number of hydrogen-bond donors (Lipinski definition) is 2. The molecule has 0 aromatic heterocycles. The number of hydrogen-bond acceptors (Lipinski definition) is 4. The molecule has 2 N–H and O–H groups in total. The molecule has 0 saturated carbocycles. The number of benzene rings is 5. The van der Waals surface area contributed by atoms with Crippen LogP contribution in [0.1, 0.15) is 33.7 Å². The smallest absolute Gasteiger partial charge is 0.326 e. The van der Waals surface area contributed by atoms with Crippen molar-refractivity contribution in [1.82, 2.24) is 5.32 Å². The summed E-state index contributed by atoms with van der Waals surface area (Å²) in [6, 6.07) is 42.6. The summed E-state index contributed by atoms with van der Waals surface area (Å²) < 4.78 is 12.3. The zero-order valence-corrected chi connectivity index (χ0v) is 23.6. The molecule has 5 rings (SSSR count). The quantitative estimate of drug-likeness (QED) is 0.163. The molecule has 0 saturated heterocycles. The highest BCUT2D eigenvalue weighted by molar-refractivity contribution is 5.90. The van der Waals surface area contributed by atoms with E-state index >= 15 is 0 Å². The van der Waals surface area contributed by atoms with Gasteiger partial charge in [0, 0.05) is 6.42 Å². The second kappa shape index (κ2) is 14.5. The minimum Gasteiger partial charge on any atom is -0.485 e. The van der Waals surface area contributed by atoms with Crippen LogP contribution < -0.4 is 14.8 Å². The van der Waals surface area contributed by atoms with Crippen molar-refractivity contribution < 1.29 is 24.2 Å². The lowest BCUT2D eigenvalue weighted by Crippen LogP contribution is -2.44. The van der Waals surface area contributed by atoms with E-state index in [0.29, 0.717) is 30.3 Å². The van der Waals surface area contributed by atoms with Gasteiger partial charge < -0.3 is 19.9 Å². The third-order valence-corrected chi connectivity index (χ3v) is 7.06. The second-order valence-corrected chi connectivity index (χ2v) is 10.2. The standard InChI is InChI=1S/C37H33NO5/c39-36(35(30-17-9-3-10-18-30)31-19-11-4-12-20-31)38-32(37(40)41)23-29-21-22-33(42-25-27-13-5-1-6-14-27)34(24-29)43-26-28-15-7-2-8-16-28/h1-22,24,32,35H,23,25-26H2,(H,38,39)(H,40,41)/t32-/m1/s1. The predicted octanol–water partition coefficient (Wildman–Crippen LogP) is 6.79. The molecule has 0 fully saturated rings. The van der Waals surface area contributed by atoms with Crippen LogP contribution in [-0.4, -0.2) is 23.0 Å². The molecule has 0 aliphatic rings. The first-order valence-corrected chi connectivity index (χ1v) is 14.2. The molecule has 5 aromatic carbocycles. The van der Waals surface area contributed by atoms with Gasteiger partial charge in [0.2, 0.25) is 5.91 Å². The topological polar surface area (TPSA) is 84.9 Å². The summed E-state index contributed by atoms with van der Waals surface area (Å²) in [4.78, 5) is 26.0. The van der Waals surface area contributed by atoms with Gasteiger partial charge in [0.15, 0.2) is 11.5 Å². The van der Waals surface area contributed by atoms with Crippen LogP contribution in [0.25, 0.3) is 0 Å². The number of ether oxygens (including phenoxy) is 2. The number of carbonyl (C=O) groups is 2. The van der Waals surface area contributed by atoms with Gasteiger partial charge in [-0.25, -0.2) is 4.79 Å². The van der Waals surface area contributed by atoms with E-state index in [1.807, 2.05) is 127 Å². The van der Waals surface area contributed by atoms with Crippen LogP contribution in [0.2, 0.25) is 0 Å². The minimum atomic E-state index is -1.15. The van der Waals surface area contributed by atoms with E-state index in [9.17, 15) is 14.7 Å². The fourth-order valence-corrected chi connectivity index (χ4v) is 4.86. The van der Waals surface area contributed by atoms with E-state index in [0.717, 1.165) is 22.3 Å². The molecule has 0 spiro atoms. The fourth-order valence-electron chi connectivity index (χ4n) is 4.86. The van der Waals surface area contributed by atoms with Crippen molar-refractivity contribution in [2.24, 2.45) is 0 Å². The number of carbonyl (C=O) groups excluding carboxylic acids is 1. The lowest BCUT2D eigenvalue weighted by molar-refractivity contribution is -0.141. The summed E-state index contributed by atoms with van der Waals surface area (Å²) >= 11 is 0. The predicted molar refractivity (Wildman–Crippen MR) is 166 cm³/mol. The Hall–Kier alpha value is -5.36. The monoisotopic (exact) mass is 571 g/mol. The van der Waals surface area contributed by atoms with Crippen molar-refractivity contribution >= 4 is 11.9 Å². The molecular formula is C37H33NO5. The number of carboxylic acids is 1. The summed E-state index contributed by atoms with van der Waals surface area (Å²) in [5, 5.41) is 12.9. The molecule has 0 radical (unpaired) electrons. The van der Waals surface area contributed by atoms with Crippen molar-refractivity contribution in [3.8, 4) is 11.5 Å². The molecule has 6 nitrogen and oxygen atoms in total. The molecule has 5 aromatic rings. The van der Waals surface area contributed by atoms with Crippen molar-refractivity contribution in [1.29, 1.82) is 0 Å². The van der Waals surface area contributed by atoms with Gasteiger partial charge in [-0.05, 0) is 39.9 Å². The van der Waals surface area contributed by atoms with Gasteiger partial charge in [-0.1, -0.05) is 127 Å². The first-order valence-electron chi connectivity index (χ1n) is 14.2. The average molecular weight is 572 g/mol. The Bertz CT molecular complexity index is 1570. The van der Waals surface area contributed by atoms with Gasteiger partial charge >= 0.3 is 5.97 Å². The number of carboxylic acid groups (broad SMARTS) is 1. The van der Waals surface area contributed by atoms with Gasteiger partial charge in [0.1, 0.15) is 19.3 Å². The number of aliphatic carboxylic acids is 1. The summed E-state index contributed by atoms with van der Waals surface area (Å²) in [6.45, 7) is 0.678. The Kier molecular flexibility index (Phi) is 9.83. The maximum Gasteiger partial charge on any atom is 0.326 e. The third kappa shape index (κ3) is 8.11. The number of rotatable bonds is 13. The molecule has 43 heavy (non-hydrogen) atoms. The maximum absolute atomic E-state index is 13.6. The molecule has 0 bridgehead atoms. The van der Waals surface area contributed by atoms with E-state index in [-0.39, 0.29) is 12.3 Å². The lowest BCUT2D eigenvalue weighted by atomic mass is 9.90. The highest BCUT2D eigenvalue weighted by Crippen LogP contribution is 2.31. The molecule has 0 aliphatic heterocycles. The van der Waals surface area contributed by atoms with E-state index in [4.69, 9.17) is 9.47 Å². The summed E-state index contributed by atoms with van der Waals surface area (Å²) in [6.07, 6.45) is 0.0675. The van der Waals surface area contributed by atoms with Crippen LogP contribution >= 0.6 is 0 Å². The van der Waals surface area contributed by atoms with E-state index in [1.165, 1.54) is 0 Å². The Morgan fingerprint density at radius 3 is 1.53 bits per heavy atom. The van der Waals surface area contributed by atoms with E-state index in [2.05, 4.69) is 5.32 Å². The number of amides is 1. The molecule has 0 unspecified atom stereocenters. The Balaban J connectivity index is 1.36. The van der Waals surface area contributed by atoms with Gasteiger partial charge in [-0.15, -0.1) is 0 Å². The Morgan fingerprint density at radius 1 is 0.581 bits per heavy atom. The summed E-state index contributed by atoms with van der Waals surface area (Å²) in [5.74, 6) is -1.10. The van der Waals surface area contributed by atoms with Crippen LogP contribution in [0.4, 0.5) is 0 Å². The first-order chi connectivity index (χ1) is 21.1. The van der Waals surface area contributed by atoms with E-state index < -0.39 is 17.9 Å². The Morgan fingerprint density at radius 2 is 1.05 bits per heavy atom. The van der Waals surface area contributed by atoms with Crippen LogP contribution in [0.15, 0.2) is 140 Å². The molecule has 1 amide bonds. The van der Waals surface area contributed by atoms with Crippen LogP contribution in [-0.2, 0) is 29.2 Å². The van der Waals surface area contributed by atoms with Gasteiger partial charge in [0.25, 0.3) is 0 Å². The SMILES string of the molecule is O=C(N[C@H](Cc1ccc(OCc2ccccc2)c(OCc2ccccc2)c1)C(=O)O)C(c1ccccc1)c1ccccc1. The molecular weight excluding hydrogens is 538 g/mol. The largest absolute Gasteiger partial charge is 0.485 e. The van der Waals surface area contributed by atoms with Crippen molar-refractivity contribution in [3.63, 3.8) is 0 Å². The van der Waals surface area contributed by atoms with Gasteiger partial charge in [0.05, 0.1) is 5.92 Å². The molecule has 6 heteroatoms. The zero-order valence-electron chi connectivity index (χ0n) is 23.6. The average Bonchev–Trinajstić information content (AvgIpc) is 3.05. The zero-order chi connectivity index (χ0) is 29.9. The Labute approximate surface area is 251 Å². The maximum atomic E-state index is 13.6. The lowest BCUT2D eigenvalue weighted by Gasteiger charge is -2.22. The molecule has 0 aliphatic carbocycles. The van der Waals surface area contributed by atoms with Crippen molar-refractivity contribution in [2.45, 2.75) is 31.6 Å². The van der Waals surface area contributed by atoms with Gasteiger partial charge in [-0.2, -0.15) is 0 Å². The molecule has 216 valence electrons. The highest BCUT2D eigenvalue weighted by Gasteiger charge is 2.28. The van der Waals surface area contributed by atoms with Crippen LogP contribution in [0.5, 0.6) is 11.5 Å². The molecule has 0 heterocycles. The third-order valence-electron chi connectivity index (χ3n) is 7.06. The fraction of sp³-hybridized carbons (Fsp3) is 0.135. The first kappa shape index (κ1) is 29.1. The second-order valence-electron chi connectivity index (χ2n) is 10.2. The minimum absolute atomic E-state index is 0.0675. The summed E-state index contributed by atoms with van der Waals surface area (Å²) in [5.41, 5.74) is 4.27. The highest BCUT2D eigenvalue weighted by atomic mass is 16.5. The normalized spacial score (nSPS) is 11.5. The van der Waals surface area contributed by atoms with Crippen LogP contribution in [0, 0.1) is 0 Å². The van der Waals surface area contributed by atoms with Crippen molar-refractivity contribution in [2.75, 3.05) is 0 Å². The van der Waals surface area contributed by atoms with E-state index in [1.54, 1.807) is 12.1 Å². The summed E-state index contributed by atoms with van der Waals surface area (Å²) in [7, 11) is 0. The molecule has 1 atom stereocenters. The van der Waals surface area contributed by atoms with Crippen molar-refractivity contribution in [3.05, 3.63) is 167 Å². The number of nitrogens with one attached hydrogen (secondary N) is 1. The van der Waals surface area contributed by atoms with Gasteiger partial charge in [-0.3, -0.25) is 4.79 Å². The van der Waals surface area contributed by atoms with Crippen LogP contribution in [0.3, 0.4) is 0 Å².